The molecule has 0 spiro atoms. The first-order valence-electron chi connectivity index (χ1n) is 9.70. The first-order chi connectivity index (χ1) is 16.0. The molecule has 12 nitrogen and oxygen atoms in total. The number of hydrogen-bond acceptors (Lipinski definition) is 10. The maximum atomic E-state index is 12.6. The molecule has 1 saturated heterocycles. The molecule has 1 aliphatic heterocycles. The summed E-state index contributed by atoms with van der Waals surface area (Å²) >= 11 is 0.655. The largest absolute Gasteiger partial charge is 0.462 e. The maximum Gasteiger partial charge on any atom is 0.326 e. The highest BCUT2D eigenvalue weighted by Crippen LogP contribution is 2.36. The number of carbonyl (C=O) groups excluding carboxylic acids is 3. The number of ether oxygens (including phenoxy) is 2. The smallest absolute Gasteiger partial charge is 0.326 e. The molecule has 0 aromatic heterocycles. The van der Waals surface area contributed by atoms with Crippen molar-refractivity contribution < 1.29 is 33.7 Å². The lowest BCUT2D eigenvalue weighted by molar-refractivity contribution is -0.394. The third-order valence-corrected chi connectivity index (χ3v) is 5.17. The van der Waals surface area contributed by atoms with Crippen LogP contribution in [0.1, 0.15) is 19.4 Å². The van der Waals surface area contributed by atoms with E-state index in [0.29, 0.717) is 17.3 Å². The number of hydrogen-bond donors (Lipinski definition) is 0. The zero-order chi connectivity index (χ0) is 25.0. The fourth-order valence-corrected chi connectivity index (χ4v) is 3.70. The van der Waals surface area contributed by atoms with Gasteiger partial charge in [-0.2, -0.15) is 0 Å². The molecule has 0 bridgehead atoms. The van der Waals surface area contributed by atoms with Crippen LogP contribution in [0.4, 0.5) is 16.2 Å². The number of benzene rings is 2. The van der Waals surface area contributed by atoms with Crippen molar-refractivity contribution in [3.63, 3.8) is 0 Å². The molecule has 1 fully saturated rings. The Morgan fingerprint density at radius 1 is 1.12 bits per heavy atom. The molecule has 34 heavy (non-hydrogen) atoms. The minimum atomic E-state index is -0.799. The fraction of sp³-hybridized carbons (Fsp3) is 0.190. The summed E-state index contributed by atoms with van der Waals surface area (Å²) in [5.41, 5.74) is -0.605. The summed E-state index contributed by atoms with van der Waals surface area (Å²) in [6, 6.07) is 9.11. The van der Waals surface area contributed by atoms with Crippen LogP contribution >= 0.6 is 11.8 Å². The average molecular weight is 487 g/mol. The van der Waals surface area contributed by atoms with Crippen LogP contribution in [0.3, 0.4) is 0 Å². The number of nitro groups is 2. The van der Waals surface area contributed by atoms with E-state index in [2.05, 4.69) is 0 Å². The van der Waals surface area contributed by atoms with E-state index >= 15 is 0 Å². The molecule has 1 heterocycles. The van der Waals surface area contributed by atoms with Gasteiger partial charge in [0.05, 0.1) is 26.9 Å². The van der Waals surface area contributed by atoms with Gasteiger partial charge in [-0.25, -0.2) is 0 Å². The summed E-state index contributed by atoms with van der Waals surface area (Å²) in [4.78, 5) is 58.0. The van der Waals surface area contributed by atoms with Gasteiger partial charge in [0.1, 0.15) is 12.3 Å². The Hall–Kier alpha value is -4.26. The van der Waals surface area contributed by atoms with Gasteiger partial charge in [-0.3, -0.25) is 39.5 Å². The number of imide groups is 1. The molecule has 0 aliphatic carbocycles. The lowest BCUT2D eigenvalue weighted by Crippen LogP contribution is -2.35. The second kappa shape index (κ2) is 10.1. The van der Waals surface area contributed by atoms with Gasteiger partial charge in [0, 0.05) is 6.07 Å². The number of amides is 2. The molecule has 1 aliphatic rings. The van der Waals surface area contributed by atoms with Crippen molar-refractivity contribution in [2.24, 2.45) is 0 Å². The second-order valence-corrected chi connectivity index (χ2v) is 8.14. The van der Waals surface area contributed by atoms with Crippen LogP contribution in [0.15, 0.2) is 47.4 Å². The molecule has 0 saturated carbocycles. The molecule has 2 aromatic carbocycles. The first kappa shape index (κ1) is 24.4. The Balaban J connectivity index is 1.81. The number of nitro benzene ring substituents is 2. The third kappa shape index (κ3) is 5.75. The van der Waals surface area contributed by atoms with Crippen molar-refractivity contribution >= 4 is 46.3 Å². The van der Waals surface area contributed by atoms with Crippen molar-refractivity contribution in [3.8, 4) is 11.5 Å². The minimum absolute atomic E-state index is 0.0702. The molecule has 0 N–H and O–H groups in total. The predicted molar refractivity (Wildman–Crippen MR) is 120 cm³/mol. The quantitative estimate of drug-likeness (QED) is 0.227. The van der Waals surface area contributed by atoms with Crippen molar-refractivity contribution in [2.75, 3.05) is 6.54 Å². The van der Waals surface area contributed by atoms with Gasteiger partial charge in [-0.05, 0) is 55.4 Å². The molecule has 3 rings (SSSR count). The molecule has 0 radical (unpaired) electrons. The zero-order valence-corrected chi connectivity index (χ0v) is 18.6. The van der Waals surface area contributed by atoms with Gasteiger partial charge < -0.3 is 9.47 Å². The van der Waals surface area contributed by atoms with E-state index < -0.39 is 51.0 Å². The lowest BCUT2D eigenvalue weighted by atomic mass is 10.2. The van der Waals surface area contributed by atoms with E-state index in [4.69, 9.17) is 9.47 Å². The highest BCUT2D eigenvalue weighted by atomic mass is 32.2. The molecule has 0 unspecified atom stereocenters. The predicted octanol–water partition coefficient (Wildman–Crippen LogP) is 4.28. The molecule has 0 atom stereocenters. The van der Waals surface area contributed by atoms with Crippen LogP contribution in [-0.4, -0.2) is 44.5 Å². The van der Waals surface area contributed by atoms with Crippen LogP contribution in [0.5, 0.6) is 11.5 Å². The number of thioether (sulfide) groups is 1. The molecular weight excluding hydrogens is 470 g/mol. The molecule has 2 amide bonds. The second-order valence-electron chi connectivity index (χ2n) is 7.15. The van der Waals surface area contributed by atoms with Crippen molar-refractivity contribution in [1.29, 1.82) is 0 Å². The zero-order valence-electron chi connectivity index (χ0n) is 17.8. The van der Waals surface area contributed by atoms with E-state index in [9.17, 15) is 34.6 Å². The minimum Gasteiger partial charge on any atom is -0.462 e. The fourth-order valence-electron chi connectivity index (χ4n) is 2.86. The van der Waals surface area contributed by atoms with Crippen LogP contribution in [0.25, 0.3) is 6.08 Å². The van der Waals surface area contributed by atoms with Crippen LogP contribution in [0.2, 0.25) is 0 Å². The first-order valence-corrected chi connectivity index (χ1v) is 10.5. The van der Waals surface area contributed by atoms with Crippen molar-refractivity contribution in [3.05, 3.63) is 73.2 Å². The van der Waals surface area contributed by atoms with Crippen molar-refractivity contribution in [2.45, 2.75) is 20.0 Å². The number of rotatable bonds is 8. The normalized spacial score (nSPS) is 14.6. The van der Waals surface area contributed by atoms with Crippen molar-refractivity contribution in [1.82, 2.24) is 4.90 Å². The summed E-state index contributed by atoms with van der Waals surface area (Å²) in [5, 5.41) is 21.6. The number of nitrogens with zero attached hydrogens (tertiary/aromatic N) is 3. The average Bonchev–Trinajstić information content (AvgIpc) is 3.00. The summed E-state index contributed by atoms with van der Waals surface area (Å²) in [6.07, 6.45) is 1.02. The van der Waals surface area contributed by atoms with E-state index in [1.54, 1.807) is 26.0 Å². The Labute approximate surface area is 196 Å². The van der Waals surface area contributed by atoms with Gasteiger partial charge in [0.25, 0.3) is 16.8 Å². The van der Waals surface area contributed by atoms with Crippen LogP contribution in [0, 0.1) is 20.2 Å². The highest BCUT2D eigenvalue weighted by Gasteiger charge is 2.36. The monoisotopic (exact) mass is 487 g/mol. The van der Waals surface area contributed by atoms with Gasteiger partial charge in [0.2, 0.25) is 5.75 Å². The molecule has 176 valence electrons. The maximum absolute atomic E-state index is 12.6. The van der Waals surface area contributed by atoms with Gasteiger partial charge >= 0.3 is 11.7 Å². The van der Waals surface area contributed by atoms with E-state index in [0.717, 1.165) is 23.1 Å². The molecular formula is C21H17N3O9S. The van der Waals surface area contributed by atoms with Gasteiger partial charge in [0.15, 0.2) is 0 Å². The Morgan fingerprint density at radius 3 is 2.50 bits per heavy atom. The lowest BCUT2D eigenvalue weighted by Gasteiger charge is -2.13. The summed E-state index contributed by atoms with van der Waals surface area (Å²) in [6.45, 7) is 2.78. The van der Waals surface area contributed by atoms with E-state index in [1.165, 1.54) is 18.2 Å². The van der Waals surface area contributed by atoms with Crippen LogP contribution in [-0.2, 0) is 14.3 Å². The standard InChI is InChI=1S/C21H17N3O9S/c1-12(2)32-19(25)11-22-20(26)18(34-21(22)27)9-13-4-3-5-15(8-13)33-17-7-6-14(23(28)29)10-16(17)24(30)31/h3-10,12H,11H2,1-2H3/b18-9+. The summed E-state index contributed by atoms with van der Waals surface area (Å²) < 4.78 is 10.5. The number of carbonyl (C=O) groups is 3. The van der Waals surface area contributed by atoms with Crippen LogP contribution < -0.4 is 4.74 Å². The SMILES string of the molecule is CC(C)OC(=O)CN1C(=O)S/C(=C/c2cccc(Oc3ccc([N+](=O)[O-])cc3[N+](=O)[O-])c2)C1=O. The Morgan fingerprint density at radius 2 is 1.85 bits per heavy atom. The van der Waals surface area contributed by atoms with E-state index in [1.807, 2.05) is 0 Å². The Bertz CT molecular complexity index is 1230. The topological polar surface area (TPSA) is 159 Å². The number of non-ortho nitro benzene ring substituents is 1. The number of esters is 1. The molecule has 2 aromatic rings. The third-order valence-electron chi connectivity index (χ3n) is 4.26. The van der Waals surface area contributed by atoms with Gasteiger partial charge in [-0.1, -0.05) is 12.1 Å². The summed E-state index contributed by atoms with van der Waals surface area (Å²) in [7, 11) is 0. The molecule has 13 heteroatoms. The summed E-state index contributed by atoms with van der Waals surface area (Å²) in [5.74, 6) is -1.42. The Kier molecular flexibility index (Phi) is 7.26. The van der Waals surface area contributed by atoms with Gasteiger partial charge in [-0.15, -0.1) is 0 Å². The van der Waals surface area contributed by atoms with E-state index in [-0.39, 0.29) is 16.4 Å². The highest BCUT2D eigenvalue weighted by molar-refractivity contribution is 8.18.